The highest BCUT2D eigenvalue weighted by Crippen LogP contribution is 2.27. The molecule has 1 saturated heterocycles. The molecule has 1 aliphatic heterocycles. The van der Waals surface area contributed by atoms with Crippen molar-refractivity contribution in [2.24, 2.45) is 0 Å². The van der Waals surface area contributed by atoms with E-state index in [9.17, 15) is 4.79 Å². The molecule has 0 bridgehead atoms. The predicted molar refractivity (Wildman–Crippen MR) is 116 cm³/mol. The molecule has 164 valence electrons. The van der Waals surface area contributed by atoms with Gasteiger partial charge in [0.15, 0.2) is 17.0 Å². The molecular weight excluding hydrogens is 396 g/mol. The number of likely N-dealkylation sites (tertiary alicyclic amines) is 1. The van der Waals surface area contributed by atoms with Crippen molar-refractivity contribution >= 4 is 22.9 Å². The van der Waals surface area contributed by atoms with Crippen LogP contribution < -0.4 is 5.32 Å². The van der Waals surface area contributed by atoms with E-state index < -0.39 is 6.04 Å². The number of aryl methyl sites for hydroxylation is 2. The number of anilines is 1. The minimum atomic E-state index is -0.397. The average Bonchev–Trinajstić information content (AvgIpc) is 3.42. The molecule has 3 aromatic heterocycles. The number of amides is 1. The largest absolute Gasteiger partial charge is 0.380 e. The van der Waals surface area contributed by atoms with Crippen LogP contribution in [0.15, 0.2) is 18.7 Å². The van der Waals surface area contributed by atoms with E-state index in [0.29, 0.717) is 48.9 Å². The number of aromatic nitrogens is 6. The van der Waals surface area contributed by atoms with Gasteiger partial charge in [-0.05, 0) is 26.7 Å². The number of methoxy groups -OCH3 is 1. The summed E-state index contributed by atoms with van der Waals surface area (Å²) in [4.78, 5) is 37.2. The quantitative estimate of drug-likeness (QED) is 0.613. The van der Waals surface area contributed by atoms with Gasteiger partial charge in [0, 0.05) is 39.1 Å². The lowest BCUT2D eigenvalue weighted by Crippen LogP contribution is -2.42. The summed E-state index contributed by atoms with van der Waals surface area (Å²) < 4.78 is 7.40. The van der Waals surface area contributed by atoms with Crippen molar-refractivity contribution in [3.8, 4) is 11.4 Å². The lowest BCUT2D eigenvalue weighted by Gasteiger charge is -2.23. The van der Waals surface area contributed by atoms with Gasteiger partial charge in [0.1, 0.15) is 24.0 Å². The molecule has 10 heteroatoms. The lowest BCUT2D eigenvalue weighted by molar-refractivity contribution is -0.131. The average molecular weight is 425 g/mol. The third kappa shape index (κ3) is 4.07. The molecule has 0 aromatic carbocycles. The normalized spacial score (nSPS) is 17.3. The number of ether oxygens (including phenoxy) is 1. The first-order valence-corrected chi connectivity index (χ1v) is 10.6. The third-order valence-electron chi connectivity index (χ3n) is 5.69. The van der Waals surface area contributed by atoms with Crippen LogP contribution in [0.2, 0.25) is 0 Å². The number of nitrogens with zero attached hydrogens (tertiary/aromatic N) is 7. The van der Waals surface area contributed by atoms with E-state index in [1.807, 2.05) is 30.2 Å². The van der Waals surface area contributed by atoms with E-state index in [0.717, 1.165) is 17.8 Å². The molecule has 1 N–H and O–H groups in total. The standard InChI is InChI=1S/C21H28N8O2/c1-5-16(21(30)28-8-7-15(11-28)31-4)26-18-17-20(25-12-24-18)29(6-2)19(27-17)14-9-22-13(3)23-10-14/h9-10,12,15-16H,5-8,11H2,1-4H3,(H,24,25,26)/t15?,16-/m1/s1. The Labute approximate surface area is 181 Å². The fraction of sp³-hybridized carbons (Fsp3) is 0.524. The molecule has 0 spiro atoms. The highest BCUT2D eigenvalue weighted by molar-refractivity contribution is 5.90. The fourth-order valence-corrected chi connectivity index (χ4v) is 3.91. The summed E-state index contributed by atoms with van der Waals surface area (Å²) >= 11 is 0. The van der Waals surface area contributed by atoms with Crippen molar-refractivity contribution < 1.29 is 9.53 Å². The summed E-state index contributed by atoms with van der Waals surface area (Å²) in [5.41, 5.74) is 2.14. The Bertz CT molecular complexity index is 1070. The fourth-order valence-electron chi connectivity index (χ4n) is 3.91. The van der Waals surface area contributed by atoms with Crippen molar-refractivity contribution in [1.29, 1.82) is 0 Å². The van der Waals surface area contributed by atoms with E-state index in [2.05, 4.69) is 25.3 Å². The van der Waals surface area contributed by atoms with Crippen molar-refractivity contribution in [3.05, 3.63) is 24.5 Å². The Morgan fingerprint density at radius 3 is 2.68 bits per heavy atom. The first-order chi connectivity index (χ1) is 15.0. The Balaban J connectivity index is 1.66. The van der Waals surface area contributed by atoms with Crippen molar-refractivity contribution in [1.82, 2.24) is 34.4 Å². The summed E-state index contributed by atoms with van der Waals surface area (Å²) in [5.74, 6) is 2.03. The lowest BCUT2D eigenvalue weighted by atomic mass is 10.2. The number of imidazole rings is 1. The van der Waals surface area contributed by atoms with E-state index in [-0.39, 0.29) is 12.0 Å². The molecule has 0 aliphatic carbocycles. The summed E-state index contributed by atoms with van der Waals surface area (Å²) in [6.45, 7) is 7.87. The number of hydrogen-bond donors (Lipinski definition) is 1. The zero-order valence-corrected chi connectivity index (χ0v) is 18.4. The van der Waals surface area contributed by atoms with Gasteiger partial charge in [0.2, 0.25) is 5.91 Å². The Hall–Kier alpha value is -3.14. The molecule has 1 unspecified atom stereocenters. The van der Waals surface area contributed by atoms with Crippen molar-refractivity contribution in [2.75, 3.05) is 25.5 Å². The summed E-state index contributed by atoms with van der Waals surface area (Å²) in [6, 6.07) is -0.397. The third-order valence-corrected chi connectivity index (χ3v) is 5.69. The second kappa shape index (κ2) is 8.93. The van der Waals surface area contributed by atoms with Gasteiger partial charge in [0.05, 0.1) is 11.7 Å². The Morgan fingerprint density at radius 1 is 1.26 bits per heavy atom. The van der Waals surface area contributed by atoms with Gasteiger partial charge in [-0.1, -0.05) is 6.92 Å². The van der Waals surface area contributed by atoms with E-state index in [1.165, 1.54) is 6.33 Å². The first-order valence-electron chi connectivity index (χ1n) is 10.6. The minimum Gasteiger partial charge on any atom is -0.380 e. The smallest absolute Gasteiger partial charge is 0.245 e. The number of carbonyl (C=O) groups is 1. The molecule has 2 atom stereocenters. The van der Waals surface area contributed by atoms with Crippen LogP contribution in [0.3, 0.4) is 0 Å². The number of hydrogen-bond acceptors (Lipinski definition) is 8. The van der Waals surface area contributed by atoms with Crippen LogP contribution >= 0.6 is 0 Å². The van der Waals surface area contributed by atoms with Gasteiger partial charge < -0.3 is 19.5 Å². The highest BCUT2D eigenvalue weighted by Gasteiger charge is 2.31. The molecule has 0 radical (unpaired) electrons. The number of carbonyl (C=O) groups excluding carboxylic acids is 1. The minimum absolute atomic E-state index is 0.0518. The molecular formula is C21H28N8O2. The Kier molecular flexibility index (Phi) is 6.08. The van der Waals surface area contributed by atoms with Gasteiger partial charge >= 0.3 is 0 Å². The predicted octanol–water partition coefficient (Wildman–Crippen LogP) is 2.05. The van der Waals surface area contributed by atoms with Crippen LogP contribution in [0.25, 0.3) is 22.6 Å². The molecule has 10 nitrogen and oxygen atoms in total. The molecule has 31 heavy (non-hydrogen) atoms. The van der Waals surface area contributed by atoms with Crippen LogP contribution in [-0.2, 0) is 16.1 Å². The highest BCUT2D eigenvalue weighted by atomic mass is 16.5. The first kappa shape index (κ1) is 21.1. The zero-order chi connectivity index (χ0) is 22.0. The maximum absolute atomic E-state index is 13.1. The van der Waals surface area contributed by atoms with Gasteiger partial charge in [-0.3, -0.25) is 4.79 Å². The monoisotopic (exact) mass is 424 g/mol. The number of nitrogens with one attached hydrogen (secondary N) is 1. The number of rotatable bonds is 7. The number of fused-ring (bicyclic) bond motifs is 1. The summed E-state index contributed by atoms with van der Waals surface area (Å²) in [6.07, 6.45) is 6.61. The molecule has 3 aromatic rings. The summed E-state index contributed by atoms with van der Waals surface area (Å²) in [5, 5.41) is 3.32. The molecule has 1 aliphatic rings. The van der Waals surface area contributed by atoms with Crippen LogP contribution in [-0.4, -0.2) is 72.6 Å². The van der Waals surface area contributed by atoms with Crippen LogP contribution in [0.5, 0.6) is 0 Å². The van der Waals surface area contributed by atoms with E-state index >= 15 is 0 Å². The van der Waals surface area contributed by atoms with Gasteiger partial charge in [-0.2, -0.15) is 0 Å². The second-order valence-electron chi connectivity index (χ2n) is 7.63. The molecule has 1 fully saturated rings. The van der Waals surface area contributed by atoms with Crippen LogP contribution in [0, 0.1) is 6.92 Å². The van der Waals surface area contributed by atoms with Crippen LogP contribution in [0.1, 0.15) is 32.5 Å². The SMILES string of the molecule is CC[C@@H](Nc1ncnc2c1nc(-c1cnc(C)nc1)n2CC)C(=O)N1CCC(OC)C1. The van der Waals surface area contributed by atoms with E-state index in [1.54, 1.807) is 19.5 Å². The molecule has 1 amide bonds. The molecule has 4 rings (SSSR count). The van der Waals surface area contributed by atoms with Gasteiger partial charge in [0.25, 0.3) is 0 Å². The topological polar surface area (TPSA) is 111 Å². The summed E-state index contributed by atoms with van der Waals surface area (Å²) in [7, 11) is 1.69. The van der Waals surface area contributed by atoms with E-state index in [4.69, 9.17) is 9.72 Å². The zero-order valence-electron chi connectivity index (χ0n) is 18.4. The maximum Gasteiger partial charge on any atom is 0.245 e. The molecule has 4 heterocycles. The van der Waals surface area contributed by atoms with Crippen molar-refractivity contribution in [2.45, 2.75) is 52.3 Å². The van der Waals surface area contributed by atoms with Crippen molar-refractivity contribution in [3.63, 3.8) is 0 Å². The maximum atomic E-state index is 13.1. The van der Waals surface area contributed by atoms with Gasteiger partial charge in [-0.15, -0.1) is 0 Å². The second-order valence-corrected chi connectivity index (χ2v) is 7.63. The Morgan fingerprint density at radius 2 is 2.03 bits per heavy atom. The van der Waals surface area contributed by atoms with Gasteiger partial charge in [-0.25, -0.2) is 24.9 Å². The molecule has 0 saturated carbocycles. The van der Waals surface area contributed by atoms with Crippen LogP contribution in [0.4, 0.5) is 5.82 Å².